The predicted octanol–water partition coefficient (Wildman–Crippen LogP) is 2.14. The Hall–Kier alpha value is -2.79. The minimum absolute atomic E-state index is 0.0785. The number of nitrogens with zero attached hydrogens (tertiary/aromatic N) is 3. The van der Waals surface area contributed by atoms with Gasteiger partial charge >= 0.3 is 0 Å². The Labute approximate surface area is 136 Å². The van der Waals surface area contributed by atoms with Crippen molar-refractivity contribution in [3.05, 3.63) is 52.7 Å². The minimum atomic E-state index is -0.805. The van der Waals surface area contributed by atoms with E-state index in [1.165, 1.54) is 17.8 Å². The van der Waals surface area contributed by atoms with E-state index in [9.17, 15) is 9.65 Å². The second-order valence-corrected chi connectivity index (χ2v) is 5.53. The summed E-state index contributed by atoms with van der Waals surface area (Å²) >= 11 is 1.29. The van der Waals surface area contributed by atoms with Crippen molar-refractivity contribution in [1.82, 2.24) is 9.97 Å². The lowest BCUT2D eigenvalue weighted by atomic mass is 9.84. The standard InChI is InChI=1S/C15H12FN5OS/c1-23-15-20-12(18)11-10(7-4-2-3-5-9(7)16)8(6-17)13(19)22-14(11)21-15/h2-5,10H,19H2,1H3,(H2,18,20,21). The Morgan fingerprint density at radius 2 is 2.04 bits per heavy atom. The van der Waals surface area contributed by atoms with Gasteiger partial charge in [-0.25, -0.2) is 9.37 Å². The van der Waals surface area contributed by atoms with Gasteiger partial charge in [-0.3, -0.25) is 0 Å². The topological polar surface area (TPSA) is 111 Å². The fourth-order valence-electron chi connectivity index (χ4n) is 2.47. The Morgan fingerprint density at radius 1 is 1.30 bits per heavy atom. The summed E-state index contributed by atoms with van der Waals surface area (Å²) in [6.45, 7) is 0. The highest BCUT2D eigenvalue weighted by Gasteiger charge is 2.35. The van der Waals surface area contributed by atoms with Crippen LogP contribution in [0.2, 0.25) is 0 Å². The number of rotatable bonds is 2. The molecule has 0 spiro atoms. The third-order valence-electron chi connectivity index (χ3n) is 3.49. The van der Waals surface area contributed by atoms with Gasteiger partial charge in [-0.05, 0) is 12.3 Å². The number of anilines is 1. The lowest BCUT2D eigenvalue weighted by molar-refractivity contribution is 0.372. The van der Waals surface area contributed by atoms with Crippen LogP contribution in [-0.4, -0.2) is 16.2 Å². The van der Waals surface area contributed by atoms with Gasteiger partial charge < -0.3 is 16.2 Å². The summed E-state index contributed by atoms with van der Waals surface area (Å²) in [4.78, 5) is 8.38. The second kappa shape index (κ2) is 5.78. The molecule has 1 aromatic carbocycles. The van der Waals surface area contributed by atoms with E-state index in [2.05, 4.69) is 9.97 Å². The molecule has 1 aromatic heterocycles. The maximum Gasteiger partial charge on any atom is 0.231 e. The second-order valence-electron chi connectivity index (χ2n) is 4.76. The number of nitrogens with two attached hydrogens (primary N) is 2. The molecule has 0 saturated heterocycles. The van der Waals surface area contributed by atoms with Crippen molar-refractivity contribution < 1.29 is 9.13 Å². The van der Waals surface area contributed by atoms with Crippen molar-refractivity contribution in [3.8, 4) is 11.9 Å². The quantitative estimate of drug-likeness (QED) is 0.641. The molecular weight excluding hydrogens is 317 g/mol. The van der Waals surface area contributed by atoms with Crippen LogP contribution in [0.3, 0.4) is 0 Å². The first-order chi connectivity index (χ1) is 11.1. The van der Waals surface area contributed by atoms with Crippen LogP contribution in [0.15, 0.2) is 40.9 Å². The van der Waals surface area contributed by atoms with Crippen molar-refractivity contribution in [1.29, 1.82) is 5.26 Å². The number of nitriles is 1. The molecule has 1 aliphatic heterocycles. The molecule has 1 unspecified atom stereocenters. The lowest BCUT2D eigenvalue weighted by Gasteiger charge is -2.26. The van der Waals surface area contributed by atoms with E-state index in [1.54, 1.807) is 24.5 Å². The molecule has 1 aliphatic rings. The summed E-state index contributed by atoms with van der Waals surface area (Å²) in [7, 11) is 0. The fourth-order valence-corrected chi connectivity index (χ4v) is 2.83. The van der Waals surface area contributed by atoms with Crippen molar-refractivity contribution in [2.24, 2.45) is 5.73 Å². The average Bonchev–Trinajstić information content (AvgIpc) is 2.54. The molecule has 4 N–H and O–H groups in total. The first-order valence-corrected chi connectivity index (χ1v) is 7.82. The molecule has 0 radical (unpaired) electrons. The van der Waals surface area contributed by atoms with E-state index in [0.717, 1.165) is 0 Å². The van der Waals surface area contributed by atoms with Crippen LogP contribution < -0.4 is 16.2 Å². The molecule has 1 atom stereocenters. The van der Waals surface area contributed by atoms with Crippen LogP contribution in [0, 0.1) is 17.1 Å². The van der Waals surface area contributed by atoms with Gasteiger partial charge in [0.25, 0.3) is 0 Å². The predicted molar refractivity (Wildman–Crippen MR) is 83.9 cm³/mol. The molecule has 0 fully saturated rings. The number of allylic oxidation sites excluding steroid dienone is 1. The minimum Gasteiger partial charge on any atom is -0.422 e. The van der Waals surface area contributed by atoms with Crippen molar-refractivity contribution in [2.45, 2.75) is 11.1 Å². The van der Waals surface area contributed by atoms with Crippen molar-refractivity contribution in [2.75, 3.05) is 12.0 Å². The van der Waals surface area contributed by atoms with Crippen LogP contribution in [0.25, 0.3) is 0 Å². The zero-order valence-corrected chi connectivity index (χ0v) is 12.9. The zero-order valence-electron chi connectivity index (χ0n) is 12.1. The fraction of sp³-hybridized carbons (Fsp3) is 0.133. The van der Waals surface area contributed by atoms with Gasteiger partial charge in [-0.2, -0.15) is 10.2 Å². The molecule has 6 nitrogen and oxygen atoms in total. The normalized spacial score (nSPS) is 16.5. The zero-order chi connectivity index (χ0) is 16.6. The summed E-state index contributed by atoms with van der Waals surface area (Å²) in [5.41, 5.74) is 12.5. The van der Waals surface area contributed by atoms with Gasteiger partial charge in [0.1, 0.15) is 23.3 Å². The summed E-state index contributed by atoms with van der Waals surface area (Å²) < 4.78 is 19.7. The van der Waals surface area contributed by atoms with Crippen LogP contribution in [-0.2, 0) is 0 Å². The summed E-state index contributed by atoms with van der Waals surface area (Å²) in [6.07, 6.45) is 1.79. The molecule has 0 bridgehead atoms. The Balaban J connectivity index is 2.30. The molecule has 2 heterocycles. The van der Waals surface area contributed by atoms with E-state index in [1.807, 2.05) is 6.07 Å². The van der Waals surface area contributed by atoms with Gasteiger partial charge in [0.2, 0.25) is 11.8 Å². The highest BCUT2D eigenvalue weighted by atomic mass is 32.2. The van der Waals surface area contributed by atoms with Crippen molar-refractivity contribution >= 4 is 17.6 Å². The van der Waals surface area contributed by atoms with E-state index < -0.39 is 11.7 Å². The molecule has 23 heavy (non-hydrogen) atoms. The third kappa shape index (κ3) is 2.45. The number of fused-ring (bicyclic) bond motifs is 1. The summed E-state index contributed by atoms with van der Waals surface area (Å²) in [5.74, 6) is -1.11. The largest absolute Gasteiger partial charge is 0.422 e. The van der Waals surface area contributed by atoms with Crippen LogP contribution in [0.1, 0.15) is 17.0 Å². The molecule has 0 amide bonds. The monoisotopic (exact) mass is 329 g/mol. The van der Waals surface area contributed by atoms with E-state index in [4.69, 9.17) is 16.2 Å². The highest BCUT2D eigenvalue weighted by Crippen LogP contribution is 2.44. The Bertz CT molecular complexity index is 861. The number of nitrogen functional groups attached to an aromatic ring is 1. The lowest BCUT2D eigenvalue weighted by Crippen LogP contribution is -2.24. The first-order valence-electron chi connectivity index (χ1n) is 6.60. The summed E-state index contributed by atoms with van der Waals surface area (Å²) in [5, 5.41) is 9.83. The SMILES string of the molecule is CSc1nc(N)c2c(n1)OC(N)=C(C#N)C2c1ccccc1F. The van der Waals surface area contributed by atoms with Gasteiger partial charge in [0, 0.05) is 5.56 Å². The third-order valence-corrected chi connectivity index (χ3v) is 4.04. The number of ether oxygens (including phenoxy) is 1. The number of aromatic nitrogens is 2. The maximum absolute atomic E-state index is 14.3. The van der Waals surface area contributed by atoms with E-state index in [-0.39, 0.29) is 28.7 Å². The van der Waals surface area contributed by atoms with Crippen LogP contribution >= 0.6 is 11.8 Å². The number of halogens is 1. The Kier molecular flexibility index (Phi) is 3.80. The van der Waals surface area contributed by atoms with Gasteiger partial charge in [0.05, 0.1) is 11.5 Å². The Morgan fingerprint density at radius 3 is 2.70 bits per heavy atom. The van der Waals surface area contributed by atoms with Gasteiger partial charge in [-0.15, -0.1) is 0 Å². The first kappa shape index (κ1) is 15.1. The molecule has 2 aromatic rings. The number of benzene rings is 1. The van der Waals surface area contributed by atoms with Crippen molar-refractivity contribution in [3.63, 3.8) is 0 Å². The number of hydrogen-bond donors (Lipinski definition) is 2. The molecular formula is C15H12FN5OS. The average molecular weight is 329 g/mol. The molecule has 116 valence electrons. The van der Waals surface area contributed by atoms with E-state index in [0.29, 0.717) is 10.7 Å². The van der Waals surface area contributed by atoms with E-state index >= 15 is 0 Å². The molecule has 0 saturated carbocycles. The summed E-state index contributed by atoms with van der Waals surface area (Å²) in [6, 6.07) is 8.09. The van der Waals surface area contributed by atoms with Crippen LogP contribution in [0.4, 0.5) is 10.2 Å². The van der Waals surface area contributed by atoms with Gasteiger partial charge in [-0.1, -0.05) is 30.0 Å². The van der Waals surface area contributed by atoms with Crippen LogP contribution in [0.5, 0.6) is 5.88 Å². The van der Waals surface area contributed by atoms with Gasteiger partial charge in [0.15, 0.2) is 5.16 Å². The highest BCUT2D eigenvalue weighted by molar-refractivity contribution is 7.98. The number of thioether (sulfide) groups is 1. The smallest absolute Gasteiger partial charge is 0.231 e. The molecule has 0 aliphatic carbocycles. The molecule has 8 heteroatoms. The number of hydrogen-bond acceptors (Lipinski definition) is 7. The molecule has 3 rings (SSSR count). The maximum atomic E-state index is 14.3.